The lowest BCUT2D eigenvalue weighted by Crippen LogP contribution is -2.12. The van der Waals surface area contributed by atoms with Gasteiger partial charge in [0.1, 0.15) is 0 Å². The molecule has 0 aliphatic rings. The standard InChI is InChI=1S/C26H31N3OS/c1-2-3-4-5-6-7-12-25-28-26(30-29-25)21-15-13-20(14-16-21)17-27-18-22-19-31-24-11-9-8-10-23(22)24/h8-11,13-16,19,27H,2-7,12,17-18H2,1H3. The minimum Gasteiger partial charge on any atom is -0.334 e. The highest BCUT2D eigenvalue weighted by Crippen LogP contribution is 2.25. The van der Waals surface area contributed by atoms with Crippen LogP contribution in [-0.2, 0) is 19.5 Å². The molecule has 0 aliphatic carbocycles. The summed E-state index contributed by atoms with van der Waals surface area (Å²) in [4.78, 5) is 4.58. The number of hydrogen-bond donors (Lipinski definition) is 1. The lowest BCUT2D eigenvalue weighted by atomic mass is 10.1. The van der Waals surface area contributed by atoms with Crippen molar-refractivity contribution in [3.8, 4) is 11.5 Å². The predicted octanol–water partition coefficient (Wildman–Crippen LogP) is 7.14. The lowest BCUT2D eigenvalue weighted by Gasteiger charge is -2.05. The molecule has 2 aromatic carbocycles. The van der Waals surface area contributed by atoms with Gasteiger partial charge in [0.25, 0.3) is 5.89 Å². The Morgan fingerprint density at radius 1 is 0.903 bits per heavy atom. The lowest BCUT2D eigenvalue weighted by molar-refractivity contribution is 0.421. The van der Waals surface area contributed by atoms with E-state index in [9.17, 15) is 0 Å². The summed E-state index contributed by atoms with van der Waals surface area (Å²) >= 11 is 1.81. The first-order chi connectivity index (χ1) is 15.3. The van der Waals surface area contributed by atoms with Crippen molar-refractivity contribution in [2.75, 3.05) is 0 Å². The van der Waals surface area contributed by atoms with E-state index in [1.165, 1.54) is 53.3 Å². The molecule has 0 spiro atoms. The fraction of sp³-hybridized carbons (Fsp3) is 0.385. The number of nitrogens with one attached hydrogen (secondary N) is 1. The fourth-order valence-corrected chi connectivity index (χ4v) is 4.78. The van der Waals surface area contributed by atoms with Crippen molar-refractivity contribution >= 4 is 21.4 Å². The Morgan fingerprint density at radius 2 is 1.71 bits per heavy atom. The molecule has 0 radical (unpaired) electrons. The molecule has 4 rings (SSSR count). The Kier molecular flexibility index (Phi) is 7.86. The average molecular weight is 434 g/mol. The van der Waals surface area contributed by atoms with Gasteiger partial charge in [-0.3, -0.25) is 0 Å². The Balaban J connectivity index is 1.24. The molecule has 0 saturated carbocycles. The Hall–Kier alpha value is -2.50. The van der Waals surface area contributed by atoms with Crippen LogP contribution in [0.3, 0.4) is 0 Å². The van der Waals surface area contributed by atoms with Crippen LogP contribution in [0.15, 0.2) is 58.4 Å². The molecule has 5 heteroatoms. The molecule has 0 aliphatic heterocycles. The Morgan fingerprint density at radius 3 is 2.58 bits per heavy atom. The van der Waals surface area contributed by atoms with Gasteiger partial charge >= 0.3 is 0 Å². The summed E-state index contributed by atoms with van der Waals surface area (Å²) in [6, 6.07) is 17.0. The zero-order valence-electron chi connectivity index (χ0n) is 18.3. The number of aryl methyl sites for hydroxylation is 1. The smallest absolute Gasteiger partial charge is 0.257 e. The van der Waals surface area contributed by atoms with Crippen LogP contribution in [0.1, 0.15) is 62.4 Å². The molecule has 0 fully saturated rings. The quantitative estimate of drug-likeness (QED) is 0.241. The van der Waals surface area contributed by atoms with Gasteiger partial charge < -0.3 is 9.84 Å². The minimum absolute atomic E-state index is 0.616. The number of nitrogens with zero attached hydrogens (tertiary/aromatic N) is 2. The summed E-state index contributed by atoms with van der Waals surface area (Å²) < 4.78 is 6.83. The van der Waals surface area contributed by atoms with Crippen LogP contribution in [0.5, 0.6) is 0 Å². The number of benzene rings is 2. The minimum atomic E-state index is 0.616. The maximum absolute atomic E-state index is 5.48. The third-order valence-corrected chi connectivity index (χ3v) is 6.64. The third-order valence-electron chi connectivity index (χ3n) is 5.63. The highest BCUT2D eigenvalue weighted by atomic mass is 32.1. The molecule has 2 aromatic heterocycles. The van der Waals surface area contributed by atoms with Gasteiger partial charge in [-0.25, -0.2) is 0 Å². The molecule has 0 saturated heterocycles. The van der Waals surface area contributed by atoms with Crippen molar-refractivity contribution in [1.82, 2.24) is 15.5 Å². The van der Waals surface area contributed by atoms with Gasteiger partial charge in [0.15, 0.2) is 5.82 Å². The molecular formula is C26H31N3OS. The van der Waals surface area contributed by atoms with Crippen LogP contribution in [0.25, 0.3) is 21.5 Å². The zero-order valence-corrected chi connectivity index (χ0v) is 19.1. The number of hydrogen-bond acceptors (Lipinski definition) is 5. The van der Waals surface area contributed by atoms with E-state index in [4.69, 9.17) is 4.52 Å². The van der Waals surface area contributed by atoms with Gasteiger partial charge in [-0.15, -0.1) is 11.3 Å². The summed E-state index contributed by atoms with van der Waals surface area (Å²) in [7, 11) is 0. The van der Waals surface area contributed by atoms with E-state index in [2.05, 4.69) is 76.3 Å². The van der Waals surface area contributed by atoms with E-state index in [0.29, 0.717) is 5.89 Å². The van der Waals surface area contributed by atoms with Crippen LogP contribution in [-0.4, -0.2) is 10.1 Å². The van der Waals surface area contributed by atoms with Crippen molar-refractivity contribution in [3.63, 3.8) is 0 Å². The molecule has 0 atom stereocenters. The van der Waals surface area contributed by atoms with Crippen LogP contribution >= 0.6 is 11.3 Å². The van der Waals surface area contributed by atoms with E-state index in [1.807, 2.05) is 11.3 Å². The molecular weight excluding hydrogens is 402 g/mol. The van der Waals surface area contributed by atoms with Gasteiger partial charge in [-0.2, -0.15) is 4.98 Å². The van der Waals surface area contributed by atoms with Crippen LogP contribution in [0.4, 0.5) is 0 Å². The van der Waals surface area contributed by atoms with Crippen molar-refractivity contribution in [2.45, 2.75) is 65.0 Å². The van der Waals surface area contributed by atoms with E-state index >= 15 is 0 Å². The van der Waals surface area contributed by atoms with E-state index in [0.717, 1.165) is 37.3 Å². The first-order valence-corrected chi connectivity index (χ1v) is 12.3. The highest BCUT2D eigenvalue weighted by Gasteiger charge is 2.09. The third kappa shape index (κ3) is 6.02. The average Bonchev–Trinajstić information content (AvgIpc) is 3.44. The van der Waals surface area contributed by atoms with E-state index < -0.39 is 0 Å². The molecule has 1 N–H and O–H groups in total. The second kappa shape index (κ2) is 11.2. The number of unbranched alkanes of at least 4 members (excludes halogenated alkanes) is 5. The maximum atomic E-state index is 5.48. The summed E-state index contributed by atoms with van der Waals surface area (Å²) in [5.74, 6) is 1.43. The SMILES string of the molecule is CCCCCCCCc1noc(-c2ccc(CNCc3csc4ccccc34)cc2)n1. The number of thiophene rings is 1. The molecule has 2 heterocycles. The first-order valence-electron chi connectivity index (χ1n) is 11.4. The summed E-state index contributed by atoms with van der Waals surface area (Å²) in [5, 5.41) is 11.3. The zero-order chi connectivity index (χ0) is 21.3. The van der Waals surface area contributed by atoms with Crippen LogP contribution in [0, 0.1) is 0 Å². The Bertz CT molecular complexity index is 1070. The van der Waals surface area contributed by atoms with Crippen molar-refractivity contribution < 1.29 is 4.52 Å². The van der Waals surface area contributed by atoms with E-state index in [1.54, 1.807) is 0 Å². The van der Waals surface area contributed by atoms with Crippen LogP contribution in [0.2, 0.25) is 0 Å². The second-order valence-corrected chi connectivity index (χ2v) is 9.00. The van der Waals surface area contributed by atoms with Gasteiger partial charge in [-0.05, 0) is 46.5 Å². The van der Waals surface area contributed by atoms with Crippen molar-refractivity contribution in [3.05, 3.63) is 70.9 Å². The summed E-state index contributed by atoms with van der Waals surface area (Å²) in [6.45, 7) is 3.95. The highest BCUT2D eigenvalue weighted by molar-refractivity contribution is 7.17. The number of rotatable bonds is 12. The molecule has 0 amide bonds. The number of aromatic nitrogens is 2. The van der Waals surface area contributed by atoms with Crippen LogP contribution < -0.4 is 5.32 Å². The molecule has 0 unspecified atom stereocenters. The molecule has 162 valence electrons. The molecule has 31 heavy (non-hydrogen) atoms. The summed E-state index contributed by atoms with van der Waals surface area (Å²) in [6.07, 6.45) is 8.53. The largest absolute Gasteiger partial charge is 0.334 e. The van der Waals surface area contributed by atoms with Gasteiger partial charge in [0.2, 0.25) is 0 Å². The van der Waals surface area contributed by atoms with E-state index in [-0.39, 0.29) is 0 Å². The Labute approximate surface area is 188 Å². The molecule has 4 nitrogen and oxygen atoms in total. The summed E-state index contributed by atoms with van der Waals surface area (Å²) in [5.41, 5.74) is 3.59. The van der Waals surface area contributed by atoms with Gasteiger partial charge in [-0.1, -0.05) is 74.5 Å². The normalized spacial score (nSPS) is 11.4. The maximum Gasteiger partial charge on any atom is 0.257 e. The predicted molar refractivity (Wildman–Crippen MR) is 129 cm³/mol. The van der Waals surface area contributed by atoms with Crippen molar-refractivity contribution in [2.24, 2.45) is 0 Å². The first kappa shape index (κ1) is 21.7. The monoisotopic (exact) mass is 433 g/mol. The fourth-order valence-electron chi connectivity index (χ4n) is 3.81. The van der Waals surface area contributed by atoms with Crippen molar-refractivity contribution in [1.29, 1.82) is 0 Å². The number of fused-ring (bicyclic) bond motifs is 1. The molecule has 4 aromatic rings. The van der Waals surface area contributed by atoms with Gasteiger partial charge in [0.05, 0.1) is 0 Å². The molecule has 0 bridgehead atoms. The topological polar surface area (TPSA) is 51.0 Å². The van der Waals surface area contributed by atoms with Gasteiger partial charge in [0, 0.05) is 29.8 Å². The second-order valence-electron chi connectivity index (χ2n) is 8.09.